The highest BCUT2D eigenvalue weighted by Gasteiger charge is 2.24. The van der Waals surface area contributed by atoms with Crippen LogP contribution in [0.2, 0.25) is 0 Å². The SMILES string of the molecule is c1cc2c3c(cccc3c1)-c1cc(-c3cc4c(cc(-c5ccc6c(c5)-c5cccc7cccc-6c57)c5cccnc54)c4ncccc34)ccc1-2. The fraction of sp³-hybridized carbons (Fsp3) is 0. The van der Waals surface area contributed by atoms with Crippen molar-refractivity contribution in [1.82, 2.24) is 9.97 Å². The van der Waals surface area contributed by atoms with Crippen molar-refractivity contribution in [2.45, 2.75) is 0 Å². The predicted molar refractivity (Wildman–Crippen MR) is 209 cm³/mol. The molecule has 0 spiro atoms. The summed E-state index contributed by atoms with van der Waals surface area (Å²) >= 11 is 0. The third-order valence-electron chi connectivity index (χ3n) is 11.2. The molecular formula is C48H26N2. The Bertz CT molecular complexity index is 2930. The number of hydrogen-bond acceptors (Lipinski definition) is 2. The van der Waals surface area contributed by atoms with E-state index in [-0.39, 0.29) is 0 Å². The molecule has 0 saturated carbocycles. The van der Waals surface area contributed by atoms with Crippen molar-refractivity contribution in [3.05, 3.63) is 158 Å². The van der Waals surface area contributed by atoms with Gasteiger partial charge in [-0.2, -0.15) is 0 Å². The molecule has 0 bridgehead atoms. The third-order valence-corrected chi connectivity index (χ3v) is 11.2. The molecule has 0 saturated heterocycles. The Hall–Kier alpha value is -6.64. The van der Waals surface area contributed by atoms with E-state index in [0.717, 1.165) is 32.6 Å². The van der Waals surface area contributed by atoms with E-state index in [1.165, 1.54) is 88.3 Å². The minimum Gasteiger partial charge on any atom is -0.256 e. The van der Waals surface area contributed by atoms with E-state index in [4.69, 9.17) is 9.97 Å². The van der Waals surface area contributed by atoms with Gasteiger partial charge in [-0.15, -0.1) is 0 Å². The van der Waals surface area contributed by atoms with Crippen molar-refractivity contribution in [1.29, 1.82) is 0 Å². The van der Waals surface area contributed by atoms with Crippen LogP contribution >= 0.6 is 0 Å². The highest BCUT2D eigenvalue weighted by molar-refractivity contribution is 6.23. The van der Waals surface area contributed by atoms with Gasteiger partial charge >= 0.3 is 0 Å². The van der Waals surface area contributed by atoms with Gasteiger partial charge < -0.3 is 0 Å². The van der Waals surface area contributed by atoms with E-state index in [2.05, 4.69) is 146 Å². The summed E-state index contributed by atoms with van der Waals surface area (Å²) in [7, 11) is 0. The van der Waals surface area contributed by atoms with Crippen LogP contribution in [0.15, 0.2) is 158 Å². The molecule has 228 valence electrons. The second kappa shape index (κ2) is 9.49. The van der Waals surface area contributed by atoms with Gasteiger partial charge in [0.15, 0.2) is 0 Å². The molecule has 0 unspecified atom stereocenters. The highest BCUT2D eigenvalue weighted by Crippen LogP contribution is 2.51. The molecule has 0 amide bonds. The standard InChI is InChI=1S/C48H26N2/c1-7-27-9-3-13-35-41-23-29(17-19-31(41)33(11-1)45(27)35)39-25-43-44(47-37(39)15-5-21-49-47)26-40(38-16-6-22-50-48(38)43)30-18-20-32-34-12-2-8-28-10-4-14-36(46(28)34)42(32)24-30/h1-26H. The fourth-order valence-corrected chi connectivity index (χ4v) is 9.06. The lowest BCUT2D eigenvalue weighted by Crippen LogP contribution is -1.92. The zero-order valence-electron chi connectivity index (χ0n) is 26.9. The summed E-state index contributed by atoms with van der Waals surface area (Å²) in [5.41, 5.74) is 17.2. The van der Waals surface area contributed by atoms with E-state index < -0.39 is 0 Å². The summed E-state index contributed by atoms with van der Waals surface area (Å²) in [6.07, 6.45) is 3.84. The molecule has 0 atom stereocenters. The van der Waals surface area contributed by atoms with Crippen LogP contribution in [0.5, 0.6) is 0 Å². The molecule has 12 rings (SSSR count). The van der Waals surface area contributed by atoms with Gasteiger partial charge in [-0.05, 0) is 125 Å². The molecule has 0 aliphatic heterocycles. The van der Waals surface area contributed by atoms with Gasteiger partial charge in [-0.1, -0.05) is 109 Å². The van der Waals surface area contributed by atoms with Crippen molar-refractivity contribution in [2.24, 2.45) is 0 Å². The van der Waals surface area contributed by atoms with E-state index in [9.17, 15) is 0 Å². The minimum atomic E-state index is 0.998. The largest absolute Gasteiger partial charge is 0.256 e. The maximum atomic E-state index is 5.06. The van der Waals surface area contributed by atoms with E-state index >= 15 is 0 Å². The Morgan fingerprint density at radius 1 is 0.280 bits per heavy atom. The van der Waals surface area contributed by atoms with Gasteiger partial charge in [0.05, 0.1) is 11.0 Å². The van der Waals surface area contributed by atoms with Crippen LogP contribution in [0.4, 0.5) is 0 Å². The van der Waals surface area contributed by atoms with Crippen LogP contribution in [0.3, 0.4) is 0 Å². The van der Waals surface area contributed by atoms with Crippen molar-refractivity contribution in [3.8, 4) is 66.8 Å². The summed E-state index contributed by atoms with van der Waals surface area (Å²) in [6, 6.07) is 53.8. The monoisotopic (exact) mass is 630 g/mol. The first kappa shape index (κ1) is 26.3. The number of rotatable bonds is 2. The lowest BCUT2D eigenvalue weighted by molar-refractivity contribution is 1.41. The molecule has 2 aromatic heterocycles. The Kier molecular flexibility index (Phi) is 5.00. The first-order valence-electron chi connectivity index (χ1n) is 17.2. The number of benzene rings is 8. The van der Waals surface area contributed by atoms with Crippen LogP contribution in [0, 0.1) is 0 Å². The molecule has 0 radical (unpaired) electrons. The van der Waals surface area contributed by atoms with Gasteiger partial charge in [0.2, 0.25) is 0 Å². The molecule has 8 aromatic carbocycles. The first-order chi connectivity index (χ1) is 24.8. The number of pyridine rings is 2. The molecule has 50 heavy (non-hydrogen) atoms. The van der Waals surface area contributed by atoms with Crippen molar-refractivity contribution in [3.63, 3.8) is 0 Å². The van der Waals surface area contributed by atoms with Crippen LogP contribution in [0.25, 0.3) is 121 Å². The molecule has 0 fully saturated rings. The summed E-state index contributed by atoms with van der Waals surface area (Å²) in [5, 5.41) is 9.80. The molecule has 2 aliphatic rings. The van der Waals surface area contributed by atoms with Crippen LogP contribution < -0.4 is 0 Å². The molecule has 10 aromatic rings. The Morgan fingerprint density at radius 3 is 1.14 bits per heavy atom. The second-order valence-electron chi connectivity index (χ2n) is 13.7. The topological polar surface area (TPSA) is 25.8 Å². The average molecular weight is 631 g/mol. The summed E-state index contributed by atoms with van der Waals surface area (Å²) in [6.45, 7) is 0. The Balaban J connectivity index is 1.10. The maximum absolute atomic E-state index is 5.06. The molecule has 2 heteroatoms. The van der Waals surface area contributed by atoms with Gasteiger partial charge in [-0.3, -0.25) is 9.97 Å². The molecular weight excluding hydrogens is 605 g/mol. The van der Waals surface area contributed by atoms with Crippen molar-refractivity contribution < 1.29 is 0 Å². The van der Waals surface area contributed by atoms with Crippen LogP contribution in [-0.2, 0) is 0 Å². The molecule has 0 N–H and O–H groups in total. The average Bonchev–Trinajstić information content (AvgIpc) is 3.68. The van der Waals surface area contributed by atoms with E-state index in [1.807, 2.05) is 12.4 Å². The third kappa shape index (κ3) is 3.37. The van der Waals surface area contributed by atoms with Crippen molar-refractivity contribution in [2.75, 3.05) is 0 Å². The Labute approximate surface area is 287 Å². The van der Waals surface area contributed by atoms with E-state index in [1.54, 1.807) is 0 Å². The minimum absolute atomic E-state index is 0.998. The lowest BCUT2D eigenvalue weighted by atomic mass is 9.89. The van der Waals surface area contributed by atoms with Crippen LogP contribution in [-0.4, -0.2) is 9.97 Å². The normalized spacial score (nSPS) is 12.4. The van der Waals surface area contributed by atoms with Gasteiger partial charge in [0.1, 0.15) is 0 Å². The summed E-state index contributed by atoms with van der Waals surface area (Å²) in [5.74, 6) is 0. The zero-order valence-corrected chi connectivity index (χ0v) is 26.9. The number of aromatic nitrogens is 2. The smallest absolute Gasteiger partial charge is 0.0787 e. The Morgan fingerprint density at radius 2 is 0.700 bits per heavy atom. The van der Waals surface area contributed by atoms with Crippen LogP contribution in [0.1, 0.15) is 0 Å². The lowest BCUT2D eigenvalue weighted by Gasteiger charge is -2.16. The van der Waals surface area contributed by atoms with Gasteiger partial charge in [0.25, 0.3) is 0 Å². The van der Waals surface area contributed by atoms with Crippen molar-refractivity contribution >= 4 is 54.1 Å². The molecule has 2 heterocycles. The molecule has 2 nitrogen and oxygen atoms in total. The molecule has 2 aliphatic carbocycles. The summed E-state index contributed by atoms with van der Waals surface area (Å²) in [4.78, 5) is 10.1. The van der Waals surface area contributed by atoms with Gasteiger partial charge in [0, 0.05) is 33.9 Å². The highest BCUT2D eigenvalue weighted by atomic mass is 14.7. The maximum Gasteiger partial charge on any atom is 0.0787 e. The zero-order chi connectivity index (χ0) is 32.5. The summed E-state index contributed by atoms with van der Waals surface area (Å²) < 4.78 is 0. The van der Waals surface area contributed by atoms with Gasteiger partial charge in [-0.25, -0.2) is 0 Å². The fourth-order valence-electron chi connectivity index (χ4n) is 9.06. The second-order valence-corrected chi connectivity index (χ2v) is 13.7. The quantitative estimate of drug-likeness (QED) is 0.178. The number of hydrogen-bond donors (Lipinski definition) is 0. The first-order valence-corrected chi connectivity index (χ1v) is 17.2. The number of nitrogens with zero attached hydrogens (tertiary/aromatic N) is 2. The predicted octanol–water partition coefficient (Wildman–Crippen LogP) is 12.9. The van der Waals surface area contributed by atoms with E-state index in [0.29, 0.717) is 0 Å². The number of fused-ring (bicyclic) bond motifs is 11.